The van der Waals surface area contributed by atoms with Crippen molar-refractivity contribution in [2.75, 3.05) is 7.05 Å². The summed E-state index contributed by atoms with van der Waals surface area (Å²) in [6.07, 6.45) is 0. The fourth-order valence-corrected chi connectivity index (χ4v) is 2.91. The van der Waals surface area contributed by atoms with Crippen molar-refractivity contribution >= 4 is 5.91 Å². The van der Waals surface area contributed by atoms with E-state index < -0.39 is 0 Å². The first-order valence-corrected chi connectivity index (χ1v) is 7.51. The second kappa shape index (κ2) is 5.05. The Morgan fingerprint density at radius 1 is 1.04 bits per heavy atom. The van der Waals surface area contributed by atoms with Gasteiger partial charge in [-0.15, -0.1) is 5.10 Å². The molecule has 0 bridgehead atoms. The highest BCUT2D eigenvalue weighted by molar-refractivity contribution is 5.98. The first kappa shape index (κ1) is 13.7. The third-order valence-corrected chi connectivity index (χ3v) is 4.18. The zero-order chi connectivity index (χ0) is 16.0. The third-order valence-electron chi connectivity index (χ3n) is 4.18. The van der Waals surface area contributed by atoms with E-state index in [1.165, 1.54) is 5.56 Å². The zero-order valence-corrected chi connectivity index (χ0v) is 13.0. The SMILES string of the molecule is Cc1ccc(-c2nnn3c2CN(C)C(=O)c2ccccc2-3)cc1. The lowest BCUT2D eigenvalue weighted by Crippen LogP contribution is -2.25. The number of para-hydroxylation sites is 1. The third kappa shape index (κ3) is 2.12. The summed E-state index contributed by atoms with van der Waals surface area (Å²) in [5, 5.41) is 8.69. The highest BCUT2D eigenvalue weighted by Crippen LogP contribution is 2.29. The van der Waals surface area contributed by atoms with Crippen LogP contribution in [0.4, 0.5) is 0 Å². The van der Waals surface area contributed by atoms with Gasteiger partial charge in [-0.3, -0.25) is 4.79 Å². The average molecular weight is 304 g/mol. The van der Waals surface area contributed by atoms with E-state index in [2.05, 4.69) is 29.4 Å². The van der Waals surface area contributed by atoms with Crippen LogP contribution in [-0.4, -0.2) is 32.8 Å². The molecule has 3 aromatic rings. The molecule has 0 saturated heterocycles. The summed E-state index contributed by atoms with van der Waals surface area (Å²) < 4.78 is 1.78. The molecule has 0 fully saturated rings. The molecule has 114 valence electrons. The highest BCUT2D eigenvalue weighted by atomic mass is 16.2. The fourth-order valence-electron chi connectivity index (χ4n) is 2.91. The summed E-state index contributed by atoms with van der Waals surface area (Å²) in [6.45, 7) is 2.53. The maximum atomic E-state index is 12.6. The van der Waals surface area contributed by atoms with Gasteiger partial charge in [-0.25, -0.2) is 4.68 Å². The molecule has 0 aliphatic carbocycles. The molecule has 2 aromatic carbocycles. The van der Waals surface area contributed by atoms with Gasteiger partial charge in [0.15, 0.2) is 0 Å². The monoisotopic (exact) mass is 304 g/mol. The molecule has 1 aromatic heterocycles. The number of hydrogen-bond donors (Lipinski definition) is 0. The maximum absolute atomic E-state index is 12.6. The van der Waals surface area contributed by atoms with E-state index in [4.69, 9.17) is 0 Å². The fraction of sp³-hybridized carbons (Fsp3) is 0.167. The van der Waals surface area contributed by atoms with Crippen molar-refractivity contribution in [1.82, 2.24) is 19.9 Å². The van der Waals surface area contributed by atoms with E-state index in [0.717, 1.165) is 22.6 Å². The van der Waals surface area contributed by atoms with Gasteiger partial charge in [0, 0.05) is 12.6 Å². The van der Waals surface area contributed by atoms with Gasteiger partial charge in [-0.05, 0) is 19.1 Å². The highest BCUT2D eigenvalue weighted by Gasteiger charge is 2.27. The van der Waals surface area contributed by atoms with Crippen LogP contribution in [0, 0.1) is 6.92 Å². The van der Waals surface area contributed by atoms with E-state index in [-0.39, 0.29) is 5.91 Å². The second-order valence-electron chi connectivity index (χ2n) is 5.84. The van der Waals surface area contributed by atoms with Crippen molar-refractivity contribution < 1.29 is 4.79 Å². The topological polar surface area (TPSA) is 51.0 Å². The minimum atomic E-state index is 0.000885. The summed E-state index contributed by atoms with van der Waals surface area (Å²) in [5.41, 5.74) is 5.38. The van der Waals surface area contributed by atoms with Crippen LogP contribution in [0.3, 0.4) is 0 Å². The molecular weight excluding hydrogens is 288 g/mol. The molecule has 5 nitrogen and oxygen atoms in total. The average Bonchev–Trinajstić information content (AvgIpc) is 2.94. The number of fused-ring (bicyclic) bond motifs is 3. The maximum Gasteiger partial charge on any atom is 0.256 e. The van der Waals surface area contributed by atoms with Crippen LogP contribution in [-0.2, 0) is 6.54 Å². The number of nitrogens with zero attached hydrogens (tertiary/aromatic N) is 4. The van der Waals surface area contributed by atoms with Crippen molar-refractivity contribution in [3.63, 3.8) is 0 Å². The summed E-state index contributed by atoms with van der Waals surface area (Å²) in [7, 11) is 1.81. The van der Waals surface area contributed by atoms with Crippen molar-refractivity contribution in [2.24, 2.45) is 0 Å². The smallest absolute Gasteiger partial charge is 0.256 e. The number of benzene rings is 2. The first-order chi connectivity index (χ1) is 11.1. The van der Waals surface area contributed by atoms with Gasteiger partial charge in [0.2, 0.25) is 0 Å². The van der Waals surface area contributed by atoms with Crippen LogP contribution < -0.4 is 0 Å². The van der Waals surface area contributed by atoms with Gasteiger partial charge in [0.25, 0.3) is 5.91 Å². The van der Waals surface area contributed by atoms with Gasteiger partial charge in [-0.1, -0.05) is 47.2 Å². The zero-order valence-electron chi connectivity index (χ0n) is 13.0. The van der Waals surface area contributed by atoms with Gasteiger partial charge >= 0.3 is 0 Å². The van der Waals surface area contributed by atoms with E-state index in [1.807, 2.05) is 36.4 Å². The van der Waals surface area contributed by atoms with Crippen LogP contribution in [0.25, 0.3) is 16.9 Å². The Morgan fingerprint density at radius 2 is 1.78 bits per heavy atom. The van der Waals surface area contributed by atoms with Gasteiger partial charge in [-0.2, -0.15) is 0 Å². The number of rotatable bonds is 1. The Kier molecular flexibility index (Phi) is 3.01. The molecular formula is C18H16N4O. The Bertz CT molecular complexity index is 896. The molecule has 0 unspecified atom stereocenters. The minimum Gasteiger partial charge on any atom is -0.336 e. The lowest BCUT2D eigenvalue weighted by Gasteiger charge is -2.14. The van der Waals surface area contributed by atoms with Gasteiger partial charge in [0.1, 0.15) is 5.69 Å². The predicted octanol–water partition coefficient (Wildman–Crippen LogP) is 2.83. The van der Waals surface area contributed by atoms with E-state index in [0.29, 0.717) is 12.1 Å². The quantitative estimate of drug-likeness (QED) is 0.694. The minimum absolute atomic E-state index is 0.000885. The Balaban J connectivity index is 1.94. The normalized spacial score (nSPS) is 13.5. The van der Waals surface area contributed by atoms with E-state index in [9.17, 15) is 4.79 Å². The van der Waals surface area contributed by atoms with Crippen LogP contribution in [0.15, 0.2) is 48.5 Å². The number of carbonyl (C=O) groups excluding carboxylic acids is 1. The molecule has 2 heterocycles. The van der Waals surface area contributed by atoms with E-state index in [1.54, 1.807) is 16.6 Å². The molecule has 5 heteroatoms. The number of aromatic nitrogens is 3. The molecule has 0 saturated carbocycles. The summed E-state index contributed by atoms with van der Waals surface area (Å²) >= 11 is 0. The Hall–Kier alpha value is -2.95. The first-order valence-electron chi connectivity index (χ1n) is 7.51. The Morgan fingerprint density at radius 3 is 2.57 bits per heavy atom. The van der Waals surface area contributed by atoms with Crippen molar-refractivity contribution in [3.8, 4) is 16.9 Å². The molecule has 1 aliphatic heterocycles. The molecule has 0 atom stereocenters. The molecule has 0 N–H and O–H groups in total. The lowest BCUT2D eigenvalue weighted by atomic mass is 10.1. The molecule has 23 heavy (non-hydrogen) atoms. The number of aryl methyl sites for hydroxylation is 1. The molecule has 1 amide bonds. The van der Waals surface area contributed by atoms with Crippen LogP contribution in [0.5, 0.6) is 0 Å². The van der Waals surface area contributed by atoms with Gasteiger partial charge in [0.05, 0.1) is 23.5 Å². The molecule has 4 rings (SSSR count). The largest absolute Gasteiger partial charge is 0.336 e. The molecule has 0 radical (unpaired) electrons. The standard InChI is InChI=1S/C18H16N4O/c1-12-7-9-13(10-8-12)17-16-11-21(2)18(23)14-5-3-4-6-15(14)22(16)20-19-17/h3-10H,11H2,1-2H3. The summed E-state index contributed by atoms with van der Waals surface area (Å²) in [5.74, 6) is 0.000885. The lowest BCUT2D eigenvalue weighted by molar-refractivity contribution is 0.0788. The second-order valence-corrected chi connectivity index (χ2v) is 5.84. The van der Waals surface area contributed by atoms with Crippen molar-refractivity contribution in [3.05, 3.63) is 65.4 Å². The number of amides is 1. The van der Waals surface area contributed by atoms with E-state index >= 15 is 0 Å². The number of carbonyl (C=O) groups is 1. The van der Waals surface area contributed by atoms with Crippen LogP contribution in [0.1, 0.15) is 21.6 Å². The van der Waals surface area contributed by atoms with Crippen molar-refractivity contribution in [1.29, 1.82) is 0 Å². The van der Waals surface area contributed by atoms with Gasteiger partial charge < -0.3 is 4.90 Å². The molecule has 1 aliphatic rings. The van der Waals surface area contributed by atoms with Crippen LogP contribution in [0.2, 0.25) is 0 Å². The molecule has 0 spiro atoms. The number of hydrogen-bond acceptors (Lipinski definition) is 3. The summed E-state index contributed by atoms with van der Waals surface area (Å²) in [6, 6.07) is 15.7. The predicted molar refractivity (Wildman–Crippen MR) is 87.3 cm³/mol. The van der Waals surface area contributed by atoms with Crippen LogP contribution >= 0.6 is 0 Å². The summed E-state index contributed by atoms with van der Waals surface area (Å²) in [4.78, 5) is 14.3. The Labute approximate surface area is 134 Å². The van der Waals surface area contributed by atoms with Crippen molar-refractivity contribution in [2.45, 2.75) is 13.5 Å².